The van der Waals surface area contributed by atoms with Gasteiger partial charge in [0.1, 0.15) is 5.60 Å². The second-order valence-electron chi connectivity index (χ2n) is 7.45. The molecule has 23 heavy (non-hydrogen) atoms. The van der Waals surface area contributed by atoms with Crippen molar-refractivity contribution in [2.75, 3.05) is 6.54 Å². The first-order chi connectivity index (χ1) is 10.8. The molecule has 1 aromatic carbocycles. The summed E-state index contributed by atoms with van der Waals surface area (Å²) in [5.74, 6) is 0. The predicted molar refractivity (Wildman–Crippen MR) is 93.6 cm³/mol. The topological polar surface area (TPSA) is 50.4 Å². The number of amides is 1. The van der Waals surface area contributed by atoms with E-state index < -0.39 is 5.60 Å². The van der Waals surface area contributed by atoms with Gasteiger partial charge in [-0.1, -0.05) is 30.7 Å². The molecule has 0 saturated heterocycles. The van der Waals surface area contributed by atoms with Crippen LogP contribution in [0.1, 0.15) is 64.1 Å². The number of carbonyl (C=O) groups excluding carboxylic acids is 1. The van der Waals surface area contributed by atoms with Crippen LogP contribution in [0.5, 0.6) is 0 Å². The van der Waals surface area contributed by atoms with Crippen LogP contribution in [0.2, 0.25) is 0 Å². The molecule has 1 aliphatic carbocycles. The monoisotopic (exact) mass is 318 g/mol. The molecule has 1 aromatic rings. The Hall–Kier alpha value is -1.55. The van der Waals surface area contributed by atoms with Gasteiger partial charge in [-0.05, 0) is 58.1 Å². The molecule has 1 amide bonds. The Kier molecular flexibility index (Phi) is 6.05. The molecule has 0 spiro atoms. The maximum absolute atomic E-state index is 11.8. The number of rotatable bonds is 4. The van der Waals surface area contributed by atoms with Gasteiger partial charge >= 0.3 is 6.09 Å². The Labute approximate surface area is 140 Å². The van der Waals surface area contributed by atoms with Gasteiger partial charge in [0.15, 0.2) is 0 Å². The molecule has 128 valence electrons. The minimum absolute atomic E-state index is 0.0280. The van der Waals surface area contributed by atoms with Crippen LogP contribution < -0.4 is 10.6 Å². The lowest BCUT2D eigenvalue weighted by atomic mass is 9.99. The van der Waals surface area contributed by atoms with E-state index >= 15 is 0 Å². The molecule has 0 aromatic heterocycles. The van der Waals surface area contributed by atoms with Crippen molar-refractivity contribution in [3.8, 4) is 0 Å². The standard InChI is InChI=1S/C19H30N2O2/c1-14(21-18(22)23-19(2,3)4)13-20-17-12-8-6-10-15-9-5-7-11-16(15)17/h5,7,9,11,14,17,20H,6,8,10,12-13H2,1-4H3,(H,21,22). The largest absolute Gasteiger partial charge is 0.444 e. The lowest BCUT2D eigenvalue weighted by Crippen LogP contribution is -2.43. The third-order valence-electron chi connectivity index (χ3n) is 4.05. The first-order valence-electron chi connectivity index (χ1n) is 8.66. The van der Waals surface area contributed by atoms with E-state index in [2.05, 4.69) is 34.9 Å². The molecule has 0 heterocycles. The van der Waals surface area contributed by atoms with E-state index in [9.17, 15) is 4.79 Å². The van der Waals surface area contributed by atoms with Gasteiger partial charge in [0.05, 0.1) is 0 Å². The van der Waals surface area contributed by atoms with Crippen LogP contribution in [-0.4, -0.2) is 24.3 Å². The molecule has 4 nitrogen and oxygen atoms in total. The van der Waals surface area contributed by atoms with Crippen LogP contribution in [0.3, 0.4) is 0 Å². The van der Waals surface area contributed by atoms with Crippen LogP contribution in [0.4, 0.5) is 4.79 Å². The van der Waals surface area contributed by atoms with Crippen molar-refractivity contribution in [1.82, 2.24) is 10.6 Å². The fraction of sp³-hybridized carbons (Fsp3) is 0.632. The molecule has 0 saturated carbocycles. The first kappa shape index (κ1) is 17.8. The average molecular weight is 318 g/mol. The molecule has 2 atom stereocenters. The number of benzene rings is 1. The predicted octanol–water partition coefficient (Wildman–Crippen LogP) is 3.96. The zero-order chi connectivity index (χ0) is 16.9. The van der Waals surface area contributed by atoms with E-state index in [4.69, 9.17) is 4.74 Å². The van der Waals surface area contributed by atoms with Gasteiger partial charge in [0.2, 0.25) is 0 Å². The summed E-state index contributed by atoms with van der Waals surface area (Å²) >= 11 is 0. The van der Waals surface area contributed by atoms with E-state index in [0.29, 0.717) is 6.04 Å². The number of hydrogen-bond acceptors (Lipinski definition) is 3. The minimum Gasteiger partial charge on any atom is -0.444 e. The quantitative estimate of drug-likeness (QED) is 0.826. The molecule has 0 aliphatic heterocycles. The highest BCUT2D eigenvalue weighted by molar-refractivity contribution is 5.68. The number of fused-ring (bicyclic) bond motifs is 1. The van der Waals surface area contributed by atoms with Crippen molar-refractivity contribution in [1.29, 1.82) is 0 Å². The van der Waals surface area contributed by atoms with Crippen LogP contribution in [-0.2, 0) is 11.2 Å². The lowest BCUT2D eigenvalue weighted by molar-refractivity contribution is 0.0507. The third kappa shape index (κ3) is 5.87. The maximum Gasteiger partial charge on any atom is 0.407 e. The second-order valence-corrected chi connectivity index (χ2v) is 7.45. The van der Waals surface area contributed by atoms with Crippen molar-refractivity contribution in [3.63, 3.8) is 0 Å². The van der Waals surface area contributed by atoms with Gasteiger partial charge in [0.25, 0.3) is 0 Å². The van der Waals surface area contributed by atoms with Gasteiger partial charge in [-0.3, -0.25) is 0 Å². The summed E-state index contributed by atoms with van der Waals surface area (Å²) in [7, 11) is 0. The zero-order valence-corrected chi connectivity index (χ0v) is 14.8. The van der Waals surface area contributed by atoms with Crippen LogP contribution in [0.25, 0.3) is 0 Å². The molecule has 2 unspecified atom stereocenters. The van der Waals surface area contributed by atoms with Gasteiger partial charge in [-0.2, -0.15) is 0 Å². The number of alkyl carbamates (subject to hydrolysis) is 1. The van der Waals surface area contributed by atoms with Crippen molar-refractivity contribution in [2.45, 2.75) is 71.1 Å². The number of ether oxygens (including phenoxy) is 1. The van der Waals surface area contributed by atoms with Crippen molar-refractivity contribution in [2.24, 2.45) is 0 Å². The molecular formula is C19H30N2O2. The van der Waals surface area contributed by atoms with Crippen LogP contribution >= 0.6 is 0 Å². The summed E-state index contributed by atoms with van der Waals surface area (Å²) in [6, 6.07) is 9.09. The number of carbonyl (C=O) groups is 1. The van der Waals surface area contributed by atoms with Crippen LogP contribution in [0, 0.1) is 0 Å². The Morgan fingerprint density at radius 3 is 2.78 bits per heavy atom. The van der Waals surface area contributed by atoms with E-state index in [1.165, 1.54) is 30.4 Å². The van der Waals surface area contributed by atoms with E-state index in [1.807, 2.05) is 27.7 Å². The zero-order valence-electron chi connectivity index (χ0n) is 14.8. The van der Waals surface area contributed by atoms with E-state index in [-0.39, 0.29) is 12.1 Å². The summed E-state index contributed by atoms with van der Waals surface area (Å²) in [6.45, 7) is 8.35. The fourth-order valence-electron chi connectivity index (χ4n) is 3.01. The van der Waals surface area contributed by atoms with Gasteiger partial charge in [-0.25, -0.2) is 4.79 Å². The summed E-state index contributed by atoms with van der Waals surface area (Å²) < 4.78 is 5.30. The van der Waals surface area contributed by atoms with Gasteiger partial charge in [-0.15, -0.1) is 0 Å². The molecule has 2 rings (SSSR count). The summed E-state index contributed by atoms with van der Waals surface area (Å²) in [5, 5.41) is 6.51. The average Bonchev–Trinajstić information content (AvgIpc) is 2.65. The maximum atomic E-state index is 11.8. The number of nitrogens with one attached hydrogen (secondary N) is 2. The van der Waals surface area contributed by atoms with Crippen molar-refractivity contribution >= 4 is 6.09 Å². The number of aryl methyl sites for hydroxylation is 1. The Morgan fingerprint density at radius 1 is 1.30 bits per heavy atom. The third-order valence-corrected chi connectivity index (χ3v) is 4.05. The smallest absolute Gasteiger partial charge is 0.407 e. The minimum atomic E-state index is -0.461. The first-order valence-corrected chi connectivity index (χ1v) is 8.66. The van der Waals surface area contributed by atoms with Gasteiger partial charge in [0, 0.05) is 18.6 Å². The molecule has 4 heteroatoms. The lowest BCUT2D eigenvalue weighted by Gasteiger charge is -2.24. The molecule has 1 aliphatic rings. The van der Waals surface area contributed by atoms with Crippen molar-refractivity contribution < 1.29 is 9.53 Å². The summed E-state index contributed by atoms with van der Waals surface area (Å²) in [5.41, 5.74) is 2.40. The Balaban J connectivity index is 1.87. The highest BCUT2D eigenvalue weighted by Crippen LogP contribution is 2.28. The van der Waals surface area contributed by atoms with Crippen molar-refractivity contribution in [3.05, 3.63) is 35.4 Å². The highest BCUT2D eigenvalue weighted by Gasteiger charge is 2.20. The normalized spacial score (nSPS) is 19.4. The Morgan fingerprint density at radius 2 is 2.04 bits per heavy atom. The molecular weight excluding hydrogens is 288 g/mol. The SMILES string of the molecule is CC(CNC1CCCCc2ccccc21)NC(=O)OC(C)(C)C. The van der Waals surface area contributed by atoms with Crippen LogP contribution in [0.15, 0.2) is 24.3 Å². The highest BCUT2D eigenvalue weighted by atomic mass is 16.6. The van der Waals surface area contributed by atoms with Gasteiger partial charge < -0.3 is 15.4 Å². The Bertz CT molecular complexity index is 522. The van der Waals surface area contributed by atoms with E-state index in [0.717, 1.165) is 13.0 Å². The van der Waals surface area contributed by atoms with E-state index in [1.54, 1.807) is 0 Å². The second kappa shape index (κ2) is 7.82. The fourth-order valence-corrected chi connectivity index (χ4v) is 3.01. The summed E-state index contributed by atoms with van der Waals surface area (Å²) in [6.07, 6.45) is 4.45. The number of hydrogen-bond donors (Lipinski definition) is 2. The molecule has 0 fully saturated rings. The molecule has 0 bridgehead atoms. The molecule has 2 N–H and O–H groups in total. The molecule has 0 radical (unpaired) electrons. The summed E-state index contributed by atoms with van der Waals surface area (Å²) in [4.78, 5) is 11.8.